The van der Waals surface area contributed by atoms with E-state index < -0.39 is 0 Å². The topological polar surface area (TPSA) is 52.6 Å². The third kappa shape index (κ3) is 3.79. The zero-order chi connectivity index (χ0) is 16.9. The van der Waals surface area contributed by atoms with Gasteiger partial charge >= 0.3 is 5.97 Å². The van der Waals surface area contributed by atoms with Crippen molar-refractivity contribution in [3.8, 4) is 5.75 Å². The molecular weight excluding hydrogens is 324 g/mol. The number of carbonyl (C=O) groups is 2. The lowest BCUT2D eigenvalue weighted by Crippen LogP contribution is -2.22. The molecule has 0 saturated heterocycles. The highest BCUT2D eigenvalue weighted by Crippen LogP contribution is 2.37. The first-order valence-corrected chi connectivity index (χ1v) is 8.67. The standard InChI is InChI=1S/C19H18O4S/c1-13(20)15-7-3-4-8-16(15)22-10-11-23-19(21)18-12-14-6-2-5-9-17(14)24-18/h2-9,18H,10-12H2,1H3. The molecule has 0 bridgehead atoms. The molecule has 1 aliphatic rings. The van der Waals surface area contributed by atoms with E-state index in [-0.39, 0.29) is 30.2 Å². The lowest BCUT2D eigenvalue weighted by atomic mass is 10.1. The van der Waals surface area contributed by atoms with Gasteiger partial charge in [-0.15, -0.1) is 11.8 Å². The number of fused-ring (bicyclic) bond motifs is 1. The van der Waals surface area contributed by atoms with Gasteiger partial charge in [0.25, 0.3) is 0 Å². The molecule has 2 aromatic rings. The highest BCUT2D eigenvalue weighted by molar-refractivity contribution is 8.01. The average molecular weight is 342 g/mol. The van der Waals surface area contributed by atoms with E-state index in [1.54, 1.807) is 36.0 Å². The van der Waals surface area contributed by atoms with Gasteiger partial charge in [-0.2, -0.15) is 0 Å². The fourth-order valence-corrected chi connectivity index (χ4v) is 3.78. The van der Waals surface area contributed by atoms with Crippen LogP contribution in [-0.4, -0.2) is 30.2 Å². The smallest absolute Gasteiger partial charge is 0.319 e. The molecular formula is C19H18O4S. The van der Waals surface area contributed by atoms with E-state index in [4.69, 9.17) is 9.47 Å². The van der Waals surface area contributed by atoms with Crippen LogP contribution in [0, 0.1) is 0 Å². The number of hydrogen-bond acceptors (Lipinski definition) is 5. The van der Waals surface area contributed by atoms with Crippen LogP contribution in [0.25, 0.3) is 0 Å². The van der Waals surface area contributed by atoms with Crippen molar-refractivity contribution in [3.63, 3.8) is 0 Å². The Morgan fingerprint density at radius 2 is 1.83 bits per heavy atom. The van der Waals surface area contributed by atoms with Crippen molar-refractivity contribution in [2.24, 2.45) is 0 Å². The van der Waals surface area contributed by atoms with E-state index in [0.29, 0.717) is 17.7 Å². The number of ketones is 1. The van der Waals surface area contributed by atoms with Gasteiger partial charge < -0.3 is 9.47 Å². The van der Waals surface area contributed by atoms with E-state index >= 15 is 0 Å². The average Bonchev–Trinajstić information content (AvgIpc) is 3.03. The highest BCUT2D eigenvalue weighted by atomic mass is 32.2. The molecule has 2 aromatic carbocycles. The number of benzene rings is 2. The van der Waals surface area contributed by atoms with Gasteiger partial charge in [-0.05, 0) is 37.1 Å². The van der Waals surface area contributed by atoms with Gasteiger partial charge in [0.1, 0.15) is 24.2 Å². The fraction of sp³-hybridized carbons (Fsp3) is 0.263. The Hall–Kier alpha value is -2.27. The molecule has 124 valence electrons. The Morgan fingerprint density at radius 3 is 2.62 bits per heavy atom. The molecule has 0 aliphatic carbocycles. The number of Topliss-reactive ketones (excluding diaryl/α,β-unsaturated/α-hetero) is 1. The van der Waals surface area contributed by atoms with Crippen molar-refractivity contribution in [1.82, 2.24) is 0 Å². The van der Waals surface area contributed by atoms with Crippen LogP contribution >= 0.6 is 11.8 Å². The maximum Gasteiger partial charge on any atom is 0.319 e. The number of rotatable bonds is 6. The molecule has 1 heterocycles. The summed E-state index contributed by atoms with van der Waals surface area (Å²) in [4.78, 5) is 24.8. The van der Waals surface area contributed by atoms with E-state index in [2.05, 4.69) is 0 Å². The van der Waals surface area contributed by atoms with Crippen molar-refractivity contribution in [2.75, 3.05) is 13.2 Å². The summed E-state index contributed by atoms with van der Waals surface area (Å²) < 4.78 is 10.9. The van der Waals surface area contributed by atoms with Gasteiger partial charge in [0, 0.05) is 4.90 Å². The van der Waals surface area contributed by atoms with Gasteiger partial charge in [0.05, 0.1) is 5.56 Å². The number of ether oxygens (including phenoxy) is 2. The quantitative estimate of drug-likeness (QED) is 0.457. The molecule has 4 nitrogen and oxygen atoms in total. The number of thioether (sulfide) groups is 1. The van der Waals surface area contributed by atoms with E-state index in [1.165, 1.54) is 12.5 Å². The molecule has 0 radical (unpaired) electrons. The molecule has 0 saturated carbocycles. The molecule has 0 N–H and O–H groups in total. The maximum absolute atomic E-state index is 12.1. The van der Waals surface area contributed by atoms with Crippen molar-refractivity contribution in [2.45, 2.75) is 23.5 Å². The third-order valence-electron chi connectivity index (χ3n) is 3.76. The molecule has 0 amide bonds. The summed E-state index contributed by atoms with van der Waals surface area (Å²) >= 11 is 1.55. The summed E-state index contributed by atoms with van der Waals surface area (Å²) in [5.41, 5.74) is 1.72. The monoisotopic (exact) mass is 342 g/mol. The molecule has 0 fully saturated rings. The summed E-state index contributed by atoms with van der Waals surface area (Å²) in [5, 5.41) is -0.188. The van der Waals surface area contributed by atoms with Crippen LogP contribution in [0.4, 0.5) is 0 Å². The van der Waals surface area contributed by atoms with Crippen LogP contribution in [-0.2, 0) is 16.0 Å². The molecule has 0 spiro atoms. The first-order chi connectivity index (χ1) is 11.6. The molecule has 1 unspecified atom stereocenters. The van der Waals surface area contributed by atoms with Gasteiger partial charge in [-0.3, -0.25) is 9.59 Å². The Kier molecular flexibility index (Phi) is 5.20. The molecule has 24 heavy (non-hydrogen) atoms. The third-order valence-corrected chi connectivity index (χ3v) is 5.06. The largest absolute Gasteiger partial charge is 0.489 e. The van der Waals surface area contributed by atoms with Crippen molar-refractivity contribution in [1.29, 1.82) is 0 Å². The van der Waals surface area contributed by atoms with Crippen molar-refractivity contribution >= 4 is 23.5 Å². The summed E-state index contributed by atoms with van der Waals surface area (Å²) in [6.45, 7) is 1.88. The highest BCUT2D eigenvalue weighted by Gasteiger charge is 2.29. The summed E-state index contributed by atoms with van der Waals surface area (Å²) in [6.07, 6.45) is 0.702. The van der Waals surface area contributed by atoms with Crippen LogP contribution in [0.5, 0.6) is 5.75 Å². The first-order valence-electron chi connectivity index (χ1n) is 7.79. The Bertz CT molecular complexity index is 732. The van der Waals surface area contributed by atoms with Crippen LogP contribution in [0.15, 0.2) is 53.4 Å². The van der Waals surface area contributed by atoms with Crippen LogP contribution < -0.4 is 4.74 Å². The number of para-hydroxylation sites is 1. The zero-order valence-electron chi connectivity index (χ0n) is 13.4. The van der Waals surface area contributed by atoms with Gasteiger partial charge in [0.2, 0.25) is 0 Å². The van der Waals surface area contributed by atoms with Crippen LogP contribution in [0.3, 0.4) is 0 Å². The van der Waals surface area contributed by atoms with Gasteiger partial charge in [-0.1, -0.05) is 30.3 Å². The zero-order valence-corrected chi connectivity index (χ0v) is 14.2. The molecule has 5 heteroatoms. The molecule has 1 aliphatic heterocycles. The molecule has 3 rings (SSSR count). The summed E-state index contributed by atoms with van der Waals surface area (Å²) in [6, 6.07) is 15.1. The lowest BCUT2D eigenvalue weighted by Gasteiger charge is -2.11. The number of esters is 1. The predicted octanol–water partition coefficient (Wildman–Crippen LogP) is 3.53. The second kappa shape index (κ2) is 7.53. The normalized spacial score (nSPS) is 15.6. The van der Waals surface area contributed by atoms with Gasteiger partial charge in [-0.25, -0.2) is 0 Å². The molecule has 0 aromatic heterocycles. The van der Waals surface area contributed by atoms with Crippen molar-refractivity contribution < 1.29 is 19.1 Å². The van der Waals surface area contributed by atoms with Gasteiger partial charge in [0.15, 0.2) is 5.78 Å². The summed E-state index contributed by atoms with van der Waals surface area (Å²) in [5.74, 6) is 0.242. The van der Waals surface area contributed by atoms with E-state index in [1.807, 2.05) is 24.3 Å². The number of carbonyl (C=O) groups excluding carboxylic acids is 2. The Morgan fingerprint density at radius 1 is 1.08 bits per heavy atom. The van der Waals surface area contributed by atoms with Crippen molar-refractivity contribution in [3.05, 3.63) is 59.7 Å². The Balaban J connectivity index is 1.46. The van der Waals surface area contributed by atoms with E-state index in [0.717, 1.165) is 4.90 Å². The minimum absolute atomic E-state index is 0.0530. The second-order valence-electron chi connectivity index (χ2n) is 5.49. The SMILES string of the molecule is CC(=O)c1ccccc1OCCOC(=O)C1Cc2ccccc2S1. The molecule has 1 atom stereocenters. The van der Waals surface area contributed by atoms with E-state index in [9.17, 15) is 9.59 Å². The number of hydrogen-bond donors (Lipinski definition) is 0. The second-order valence-corrected chi connectivity index (χ2v) is 6.73. The van der Waals surface area contributed by atoms with Crippen LogP contribution in [0.2, 0.25) is 0 Å². The lowest BCUT2D eigenvalue weighted by molar-refractivity contribution is -0.143. The summed E-state index contributed by atoms with van der Waals surface area (Å²) in [7, 11) is 0. The first kappa shape index (κ1) is 16.6. The minimum Gasteiger partial charge on any atom is -0.489 e. The minimum atomic E-state index is -0.223. The van der Waals surface area contributed by atoms with Crippen LogP contribution in [0.1, 0.15) is 22.8 Å². The predicted molar refractivity (Wildman–Crippen MR) is 92.7 cm³/mol. The maximum atomic E-state index is 12.1. The Labute approximate surface area is 145 Å². The fourth-order valence-electron chi connectivity index (χ4n) is 2.58.